The van der Waals surface area contributed by atoms with Gasteiger partial charge in [0, 0.05) is 5.25 Å². The van der Waals surface area contributed by atoms with Crippen molar-refractivity contribution in [2.45, 2.75) is 50.7 Å². The molecule has 1 heterocycles. The first kappa shape index (κ1) is 11.2. The molecule has 0 radical (unpaired) electrons. The van der Waals surface area contributed by atoms with Gasteiger partial charge in [0.25, 0.3) is 0 Å². The summed E-state index contributed by atoms with van der Waals surface area (Å²) >= 11 is 2.25. The van der Waals surface area contributed by atoms with Gasteiger partial charge in [-0.2, -0.15) is 11.8 Å². The Labute approximate surface area is 104 Å². The smallest absolute Gasteiger partial charge is 0.0116 e. The van der Waals surface area contributed by atoms with E-state index in [4.69, 9.17) is 0 Å². The number of thioether (sulfide) groups is 1. The Balaban J connectivity index is 1.83. The molecule has 0 spiro atoms. The zero-order valence-electron chi connectivity index (χ0n) is 10.5. The maximum Gasteiger partial charge on any atom is 0.0116 e. The Morgan fingerprint density at radius 2 is 1.94 bits per heavy atom. The SMILES string of the molecule is C=C1C(C)CSC2CCC3CCCCC3C12. The molecule has 0 nitrogen and oxygen atoms in total. The van der Waals surface area contributed by atoms with Crippen molar-refractivity contribution in [3.63, 3.8) is 0 Å². The summed E-state index contributed by atoms with van der Waals surface area (Å²) in [5.74, 6) is 5.05. The molecule has 16 heavy (non-hydrogen) atoms. The number of rotatable bonds is 0. The van der Waals surface area contributed by atoms with E-state index in [1.807, 2.05) is 0 Å². The first-order valence-electron chi connectivity index (χ1n) is 7.07. The molecule has 1 aliphatic heterocycles. The molecule has 1 saturated heterocycles. The Bertz CT molecular complexity index is 283. The van der Waals surface area contributed by atoms with Crippen LogP contribution in [0.25, 0.3) is 0 Å². The summed E-state index contributed by atoms with van der Waals surface area (Å²) in [5, 5.41) is 0.933. The van der Waals surface area contributed by atoms with Crippen LogP contribution in [-0.2, 0) is 0 Å². The van der Waals surface area contributed by atoms with E-state index in [0.717, 1.165) is 28.9 Å². The average molecular weight is 236 g/mol. The number of allylic oxidation sites excluding steroid dienone is 1. The van der Waals surface area contributed by atoms with E-state index in [-0.39, 0.29) is 0 Å². The van der Waals surface area contributed by atoms with Gasteiger partial charge in [-0.3, -0.25) is 0 Å². The molecule has 3 fully saturated rings. The quantitative estimate of drug-likeness (QED) is 0.558. The van der Waals surface area contributed by atoms with Crippen LogP contribution in [-0.4, -0.2) is 11.0 Å². The van der Waals surface area contributed by atoms with Gasteiger partial charge < -0.3 is 0 Å². The van der Waals surface area contributed by atoms with Crippen LogP contribution in [0.4, 0.5) is 0 Å². The van der Waals surface area contributed by atoms with Crippen LogP contribution in [0.1, 0.15) is 45.4 Å². The molecule has 2 saturated carbocycles. The third kappa shape index (κ3) is 1.75. The van der Waals surface area contributed by atoms with Gasteiger partial charge >= 0.3 is 0 Å². The molecule has 0 aromatic heterocycles. The highest BCUT2D eigenvalue weighted by molar-refractivity contribution is 8.00. The van der Waals surface area contributed by atoms with E-state index in [1.54, 1.807) is 5.57 Å². The summed E-state index contributed by atoms with van der Waals surface area (Å²) in [6, 6.07) is 0. The van der Waals surface area contributed by atoms with Crippen molar-refractivity contribution in [2.75, 3.05) is 5.75 Å². The van der Waals surface area contributed by atoms with Crippen LogP contribution in [0.5, 0.6) is 0 Å². The van der Waals surface area contributed by atoms with Crippen molar-refractivity contribution in [2.24, 2.45) is 23.7 Å². The van der Waals surface area contributed by atoms with Crippen LogP contribution >= 0.6 is 11.8 Å². The molecule has 0 N–H and O–H groups in total. The molecule has 90 valence electrons. The standard InChI is InChI=1S/C15H24S/c1-10-9-16-14-8-7-12-5-3-4-6-13(12)15(14)11(10)2/h10,12-15H,2-9H2,1H3. The highest BCUT2D eigenvalue weighted by atomic mass is 32.2. The molecule has 3 aliphatic rings. The van der Waals surface area contributed by atoms with E-state index in [1.165, 1.54) is 44.3 Å². The van der Waals surface area contributed by atoms with Crippen molar-refractivity contribution in [3.8, 4) is 0 Å². The molecule has 5 unspecified atom stereocenters. The summed E-state index contributed by atoms with van der Waals surface area (Å²) in [7, 11) is 0. The zero-order valence-corrected chi connectivity index (χ0v) is 11.3. The minimum atomic E-state index is 0.770. The van der Waals surface area contributed by atoms with Gasteiger partial charge in [-0.1, -0.05) is 38.3 Å². The predicted octanol–water partition coefficient (Wildman–Crippen LogP) is 4.51. The molecule has 0 amide bonds. The summed E-state index contributed by atoms with van der Waals surface area (Å²) in [5.41, 5.74) is 1.61. The Hall–Kier alpha value is 0.0900. The Kier molecular flexibility index (Phi) is 3.08. The van der Waals surface area contributed by atoms with Crippen molar-refractivity contribution in [1.29, 1.82) is 0 Å². The lowest BCUT2D eigenvalue weighted by Gasteiger charge is -2.50. The highest BCUT2D eigenvalue weighted by Crippen LogP contribution is 2.53. The van der Waals surface area contributed by atoms with Crippen LogP contribution in [0.15, 0.2) is 12.2 Å². The Morgan fingerprint density at radius 3 is 2.81 bits per heavy atom. The summed E-state index contributed by atoms with van der Waals surface area (Å²) in [6.07, 6.45) is 8.98. The van der Waals surface area contributed by atoms with Crippen molar-refractivity contribution < 1.29 is 0 Å². The summed E-state index contributed by atoms with van der Waals surface area (Å²) in [6.45, 7) is 6.84. The molecule has 2 aliphatic carbocycles. The van der Waals surface area contributed by atoms with E-state index >= 15 is 0 Å². The van der Waals surface area contributed by atoms with Crippen LogP contribution in [0.2, 0.25) is 0 Å². The molecule has 0 aromatic rings. The lowest BCUT2D eigenvalue weighted by molar-refractivity contribution is 0.122. The van der Waals surface area contributed by atoms with Crippen molar-refractivity contribution in [1.82, 2.24) is 0 Å². The second-order valence-corrected chi connectivity index (χ2v) is 7.43. The maximum atomic E-state index is 4.46. The van der Waals surface area contributed by atoms with Crippen LogP contribution in [0, 0.1) is 23.7 Å². The predicted molar refractivity (Wildman–Crippen MR) is 72.7 cm³/mol. The number of hydrogen-bond donors (Lipinski definition) is 0. The second-order valence-electron chi connectivity index (χ2n) is 6.16. The number of fused-ring (bicyclic) bond motifs is 3. The van der Waals surface area contributed by atoms with Gasteiger partial charge in [0.2, 0.25) is 0 Å². The van der Waals surface area contributed by atoms with Gasteiger partial charge in [0.1, 0.15) is 0 Å². The van der Waals surface area contributed by atoms with E-state index in [0.29, 0.717) is 0 Å². The first-order valence-corrected chi connectivity index (χ1v) is 8.12. The number of hydrogen-bond acceptors (Lipinski definition) is 1. The van der Waals surface area contributed by atoms with Crippen molar-refractivity contribution in [3.05, 3.63) is 12.2 Å². The third-order valence-corrected chi connectivity index (χ3v) is 6.92. The molecular weight excluding hydrogens is 212 g/mol. The monoisotopic (exact) mass is 236 g/mol. The molecule has 1 heteroatoms. The maximum absolute atomic E-state index is 4.46. The molecule has 3 rings (SSSR count). The lowest BCUT2D eigenvalue weighted by Crippen LogP contribution is -2.43. The second kappa shape index (κ2) is 4.40. The fourth-order valence-electron chi connectivity index (χ4n) is 4.31. The van der Waals surface area contributed by atoms with Crippen LogP contribution in [0.3, 0.4) is 0 Å². The summed E-state index contributed by atoms with van der Waals surface area (Å²) in [4.78, 5) is 0. The van der Waals surface area contributed by atoms with Gasteiger partial charge in [0.15, 0.2) is 0 Å². The van der Waals surface area contributed by atoms with Crippen LogP contribution < -0.4 is 0 Å². The van der Waals surface area contributed by atoms with Crippen molar-refractivity contribution >= 4 is 11.8 Å². The molecule has 0 aromatic carbocycles. The lowest BCUT2D eigenvalue weighted by atomic mass is 9.62. The topological polar surface area (TPSA) is 0 Å². The van der Waals surface area contributed by atoms with Gasteiger partial charge in [-0.15, -0.1) is 0 Å². The van der Waals surface area contributed by atoms with Gasteiger partial charge in [0.05, 0.1) is 0 Å². The minimum absolute atomic E-state index is 0.770. The minimum Gasteiger partial charge on any atom is -0.157 e. The molecule has 5 atom stereocenters. The van der Waals surface area contributed by atoms with E-state index in [2.05, 4.69) is 25.3 Å². The fourth-order valence-corrected chi connectivity index (χ4v) is 5.94. The molecule has 0 bridgehead atoms. The van der Waals surface area contributed by atoms with Gasteiger partial charge in [-0.05, 0) is 48.7 Å². The highest BCUT2D eigenvalue weighted by Gasteiger charge is 2.44. The zero-order chi connectivity index (χ0) is 11.1. The van der Waals surface area contributed by atoms with Gasteiger partial charge in [-0.25, -0.2) is 0 Å². The molecular formula is C15H24S. The fraction of sp³-hybridized carbons (Fsp3) is 0.867. The normalized spacial score (nSPS) is 48.3. The van der Waals surface area contributed by atoms with E-state index in [9.17, 15) is 0 Å². The average Bonchev–Trinajstić information content (AvgIpc) is 2.33. The summed E-state index contributed by atoms with van der Waals surface area (Å²) < 4.78 is 0. The largest absolute Gasteiger partial charge is 0.157 e. The Morgan fingerprint density at radius 1 is 1.12 bits per heavy atom. The third-order valence-electron chi connectivity index (χ3n) is 5.27. The first-order chi connectivity index (χ1) is 7.77. The van der Waals surface area contributed by atoms with E-state index < -0.39 is 0 Å².